The summed E-state index contributed by atoms with van der Waals surface area (Å²) in [5, 5.41) is 3.56. The SMILES string of the molecule is Cc1ccc(C)c(S(=O)(=O)N2CCN(CC(=O)NN3C(=O)NC4(CCCCC4)C3=O)CC2)c1. The number of imide groups is 1. The molecule has 1 spiro atoms. The second-order valence-corrected chi connectivity index (χ2v) is 11.1. The van der Waals surface area contributed by atoms with Gasteiger partial charge in [-0.15, -0.1) is 0 Å². The highest BCUT2D eigenvalue weighted by atomic mass is 32.2. The van der Waals surface area contributed by atoms with Crippen molar-refractivity contribution in [3.63, 3.8) is 0 Å². The van der Waals surface area contributed by atoms with Crippen molar-refractivity contribution < 1.29 is 22.8 Å². The number of sulfonamides is 1. The van der Waals surface area contributed by atoms with Gasteiger partial charge in [0.05, 0.1) is 11.4 Å². The number of nitrogens with one attached hydrogen (secondary N) is 2. The number of aryl methyl sites for hydroxylation is 2. The van der Waals surface area contributed by atoms with Crippen LogP contribution < -0.4 is 10.7 Å². The predicted octanol–water partition coefficient (Wildman–Crippen LogP) is 0.896. The van der Waals surface area contributed by atoms with E-state index in [1.165, 1.54) is 4.31 Å². The molecular weight excluding hydrogens is 446 g/mol. The molecule has 3 aliphatic rings. The van der Waals surface area contributed by atoms with Gasteiger partial charge < -0.3 is 5.32 Å². The maximum Gasteiger partial charge on any atom is 0.344 e. The molecule has 180 valence electrons. The minimum absolute atomic E-state index is 0.0264. The zero-order valence-electron chi connectivity index (χ0n) is 19.1. The van der Waals surface area contributed by atoms with E-state index in [4.69, 9.17) is 0 Å². The molecular formula is C22H31N5O5S. The zero-order valence-corrected chi connectivity index (χ0v) is 19.9. The van der Waals surface area contributed by atoms with Crippen LogP contribution in [0.15, 0.2) is 23.1 Å². The first-order valence-corrected chi connectivity index (χ1v) is 12.8. The smallest absolute Gasteiger partial charge is 0.322 e. The molecule has 0 radical (unpaired) electrons. The molecule has 0 aromatic heterocycles. The van der Waals surface area contributed by atoms with Gasteiger partial charge in [0, 0.05) is 26.2 Å². The van der Waals surface area contributed by atoms with E-state index in [1.54, 1.807) is 19.1 Å². The van der Waals surface area contributed by atoms with E-state index in [-0.39, 0.29) is 19.6 Å². The van der Waals surface area contributed by atoms with Crippen LogP contribution in [0.1, 0.15) is 43.2 Å². The summed E-state index contributed by atoms with van der Waals surface area (Å²) in [6.07, 6.45) is 3.93. The summed E-state index contributed by atoms with van der Waals surface area (Å²) in [7, 11) is -3.62. The Labute approximate surface area is 194 Å². The molecule has 4 rings (SSSR count). The minimum Gasteiger partial charge on any atom is -0.322 e. The van der Waals surface area contributed by atoms with Crippen molar-refractivity contribution in [2.75, 3.05) is 32.7 Å². The van der Waals surface area contributed by atoms with E-state index >= 15 is 0 Å². The van der Waals surface area contributed by atoms with Crippen LogP contribution in [0.5, 0.6) is 0 Å². The van der Waals surface area contributed by atoms with Gasteiger partial charge in [-0.3, -0.25) is 19.9 Å². The second-order valence-electron chi connectivity index (χ2n) is 9.20. The maximum atomic E-state index is 13.1. The first-order chi connectivity index (χ1) is 15.6. The largest absolute Gasteiger partial charge is 0.344 e. The third kappa shape index (κ3) is 4.62. The molecule has 1 aliphatic carbocycles. The Morgan fingerprint density at radius 2 is 1.73 bits per heavy atom. The van der Waals surface area contributed by atoms with Crippen molar-refractivity contribution in [2.45, 2.75) is 56.4 Å². The molecule has 11 heteroatoms. The van der Waals surface area contributed by atoms with Gasteiger partial charge in [0.15, 0.2) is 0 Å². The number of urea groups is 1. The van der Waals surface area contributed by atoms with E-state index in [0.29, 0.717) is 36.4 Å². The van der Waals surface area contributed by atoms with Gasteiger partial charge in [-0.1, -0.05) is 31.4 Å². The number of piperazine rings is 1. The molecule has 0 unspecified atom stereocenters. The van der Waals surface area contributed by atoms with Crippen molar-refractivity contribution in [1.29, 1.82) is 0 Å². The van der Waals surface area contributed by atoms with E-state index in [2.05, 4.69) is 10.7 Å². The molecule has 2 N–H and O–H groups in total. The molecule has 2 saturated heterocycles. The summed E-state index contributed by atoms with van der Waals surface area (Å²) in [5.41, 5.74) is 3.13. The van der Waals surface area contributed by atoms with Crippen LogP contribution in [-0.4, -0.2) is 78.7 Å². The van der Waals surface area contributed by atoms with Crippen LogP contribution in [0.3, 0.4) is 0 Å². The van der Waals surface area contributed by atoms with Crippen molar-refractivity contribution in [2.24, 2.45) is 0 Å². The van der Waals surface area contributed by atoms with Crippen LogP contribution in [0.4, 0.5) is 4.79 Å². The van der Waals surface area contributed by atoms with Crippen LogP contribution in [-0.2, 0) is 19.6 Å². The summed E-state index contributed by atoms with van der Waals surface area (Å²) >= 11 is 0. The summed E-state index contributed by atoms with van der Waals surface area (Å²) in [5.74, 6) is -0.873. The number of hydrogen-bond donors (Lipinski definition) is 2. The number of hydrogen-bond acceptors (Lipinski definition) is 6. The Morgan fingerprint density at radius 3 is 2.39 bits per heavy atom. The highest BCUT2D eigenvalue weighted by molar-refractivity contribution is 7.89. The van der Waals surface area contributed by atoms with Gasteiger partial charge in [0.25, 0.3) is 11.8 Å². The normalized spacial score (nSPS) is 21.9. The highest BCUT2D eigenvalue weighted by Gasteiger charge is 2.52. The van der Waals surface area contributed by atoms with Gasteiger partial charge >= 0.3 is 6.03 Å². The lowest BCUT2D eigenvalue weighted by atomic mass is 9.82. The molecule has 0 bridgehead atoms. The average molecular weight is 478 g/mol. The molecule has 1 aromatic rings. The van der Waals surface area contributed by atoms with Crippen molar-refractivity contribution in [1.82, 2.24) is 25.0 Å². The van der Waals surface area contributed by atoms with Crippen molar-refractivity contribution in [3.05, 3.63) is 29.3 Å². The molecule has 1 saturated carbocycles. The summed E-state index contributed by atoms with van der Waals surface area (Å²) in [4.78, 5) is 39.8. The maximum absolute atomic E-state index is 13.1. The number of rotatable bonds is 5. The fourth-order valence-electron chi connectivity index (χ4n) is 4.83. The first kappa shape index (κ1) is 23.7. The van der Waals surface area contributed by atoms with Crippen LogP contribution >= 0.6 is 0 Å². The third-order valence-electron chi connectivity index (χ3n) is 6.77. The van der Waals surface area contributed by atoms with Gasteiger partial charge in [-0.25, -0.2) is 13.2 Å². The zero-order chi connectivity index (χ0) is 23.8. The molecule has 2 heterocycles. The summed E-state index contributed by atoms with van der Waals surface area (Å²) in [6.45, 7) is 4.88. The topological polar surface area (TPSA) is 119 Å². The molecule has 33 heavy (non-hydrogen) atoms. The predicted molar refractivity (Wildman–Crippen MR) is 120 cm³/mol. The van der Waals surface area contributed by atoms with Gasteiger partial charge in [0.2, 0.25) is 10.0 Å². The van der Waals surface area contributed by atoms with E-state index in [1.807, 2.05) is 17.9 Å². The quantitative estimate of drug-likeness (QED) is 0.608. The van der Waals surface area contributed by atoms with E-state index in [0.717, 1.165) is 29.8 Å². The standard InChI is InChI=1S/C22H31N5O5S/c1-16-6-7-17(2)18(14-16)33(31,32)26-12-10-25(11-13-26)15-19(28)24-27-20(29)22(23-21(27)30)8-4-3-5-9-22/h6-7,14H,3-5,8-13,15H2,1-2H3,(H,23,30)(H,24,28). The van der Waals surface area contributed by atoms with E-state index < -0.39 is 33.4 Å². The molecule has 1 aromatic carbocycles. The molecule has 4 amide bonds. The lowest BCUT2D eigenvalue weighted by Gasteiger charge is -2.34. The van der Waals surface area contributed by atoms with Crippen LogP contribution in [0, 0.1) is 13.8 Å². The minimum atomic E-state index is -3.62. The Hall–Kier alpha value is -2.50. The molecule has 3 fully saturated rings. The molecule has 2 aliphatic heterocycles. The van der Waals surface area contributed by atoms with Gasteiger partial charge in [0.1, 0.15) is 5.54 Å². The van der Waals surface area contributed by atoms with Crippen molar-refractivity contribution in [3.8, 4) is 0 Å². The second kappa shape index (κ2) is 9.03. The first-order valence-electron chi connectivity index (χ1n) is 11.4. The monoisotopic (exact) mass is 477 g/mol. The van der Waals surface area contributed by atoms with Crippen LogP contribution in [0.25, 0.3) is 0 Å². The van der Waals surface area contributed by atoms with E-state index in [9.17, 15) is 22.8 Å². The highest BCUT2D eigenvalue weighted by Crippen LogP contribution is 2.33. The van der Waals surface area contributed by atoms with Crippen molar-refractivity contribution >= 4 is 27.9 Å². The average Bonchev–Trinajstić information content (AvgIpc) is 3.00. The van der Waals surface area contributed by atoms with Crippen LogP contribution in [0.2, 0.25) is 0 Å². The number of nitrogens with zero attached hydrogens (tertiary/aromatic N) is 3. The fourth-order valence-corrected chi connectivity index (χ4v) is 6.56. The Kier molecular flexibility index (Phi) is 6.47. The Balaban J connectivity index is 1.32. The number of carbonyl (C=O) groups excluding carboxylic acids is 3. The lowest BCUT2D eigenvalue weighted by Crippen LogP contribution is -2.54. The Bertz CT molecular complexity index is 1060. The third-order valence-corrected chi connectivity index (χ3v) is 8.81. The lowest BCUT2D eigenvalue weighted by molar-refractivity contribution is -0.140. The summed E-state index contributed by atoms with van der Waals surface area (Å²) < 4.78 is 27.6. The fraction of sp³-hybridized carbons (Fsp3) is 0.591. The Morgan fingerprint density at radius 1 is 1.06 bits per heavy atom. The number of benzene rings is 1. The summed E-state index contributed by atoms with van der Waals surface area (Å²) in [6, 6.07) is 4.77. The van der Waals surface area contributed by atoms with Gasteiger partial charge in [-0.2, -0.15) is 9.31 Å². The molecule has 10 nitrogen and oxygen atoms in total. The molecule has 0 atom stereocenters. The number of carbonyl (C=O) groups is 3. The number of hydrazine groups is 1. The number of amides is 4. The van der Waals surface area contributed by atoms with Gasteiger partial charge in [-0.05, 0) is 43.9 Å².